The van der Waals surface area contributed by atoms with Crippen molar-refractivity contribution in [1.82, 2.24) is 10.6 Å². The Labute approximate surface area is 159 Å². The Bertz CT molecular complexity index is 645. The first kappa shape index (κ1) is 20.3. The summed E-state index contributed by atoms with van der Waals surface area (Å²) in [6.07, 6.45) is -0.546. The van der Waals surface area contributed by atoms with Crippen molar-refractivity contribution in [3.8, 4) is 11.5 Å². The Balaban J connectivity index is 1.59. The Morgan fingerprint density at radius 3 is 1.48 bits per heavy atom. The molecule has 6 heteroatoms. The van der Waals surface area contributed by atoms with Gasteiger partial charge in [0.25, 0.3) is 11.8 Å². The van der Waals surface area contributed by atoms with Gasteiger partial charge in [-0.3, -0.25) is 9.59 Å². The van der Waals surface area contributed by atoms with Crippen LogP contribution < -0.4 is 20.1 Å². The van der Waals surface area contributed by atoms with Gasteiger partial charge in [0.15, 0.2) is 12.2 Å². The second-order valence-electron chi connectivity index (χ2n) is 6.08. The summed E-state index contributed by atoms with van der Waals surface area (Å²) >= 11 is 0. The van der Waals surface area contributed by atoms with E-state index in [9.17, 15) is 9.59 Å². The summed E-state index contributed by atoms with van der Waals surface area (Å²) in [5.41, 5.74) is 0. The van der Waals surface area contributed by atoms with Crippen LogP contribution >= 0.6 is 0 Å². The van der Waals surface area contributed by atoms with Gasteiger partial charge in [-0.05, 0) is 44.5 Å². The molecule has 0 spiro atoms. The molecule has 0 aliphatic rings. The zero-order chi connectivity index (χ0) is 19.5. The molecule has 0 aliphatic carbocycles. The second-order valence-corrected chi connectivity index (χ2v) is 6.08. The van der Waals surface area contributed by atoms with E-state index >= 15 is 0 Å². The van der Waals surface area contributed by atoms with Crippen molar-refractivity contribution in [2.75, 3.05) is 13.1 Å². The van der Waals surface area contributed by atoms with Gasteiger partial charge in [0, 0.05) is 13.1 Å². The number of nitrogens with one attached hydrogen (secondary N) is 2. The number of benzene rings is 2. The van der Waals surface area contributed by atoms with Crippen LogP contribution in [0.2, 0.25) is 0 Å². The van der Waals surface area contributed by atoms with E-state index in [1.807, 2.05) is 36.4 Å². The standard InChI is InChI=1S/C21H26N2O4/c1-16(26-18-10-5-3-6-11-18)20(24)22-14-9-15-23-21(25)17(2)27-19-12-7-4-8-13-19/h3-8,10-13,16-17H,9,14-15H2,1-2H3,(H,22,24)(H,23,25). The van der Waals surface area contributed by atoms with Crippen molar-refractivity contribution in [2.45, 2.75) is 32.5 Å². The topological polar surface area (TPSA) is 76.7 Å². The van der Waals surface area contributed by atoms with Crippen LogP contribution in [0.15, 0.2) is 60.7 Å². The van der Waals surface area contributed by atoms with E-state index in [0.717, 1.165) is 0 Å². The molecule has 0 aromatic heterocycles. The summed E-state index contributed by atoms with van der Waals surface area (Å²) in [4.78, 5) is 24.0. The largest absolute Gasteiger partial charge is 0.481 e. The smallest absolute Gasteiger partial charge is 0.260 e. The minimum absolute atomic E-state index is 0.189. The number of ether oxygens (including phenoxy) is 2. The second kappa shape index (κ2) is 10.9. The molecule has 2 aromatic carbocycles. The number of rotatable bonds is 10. The maximum absolute atomic E-state index is 12.0. The maximum Gasteiger partial charge on any atom is 0.260 e. The Morgan fingerprint density at radius 2 is 1.11 bits per heavy atom. The molecule has 2 rings (SSSR count). The molecular weight excluding hydrogens is 344 g/mol. The van der Waals surface area contributed by atoms with Gasteiger partial charge in [0.05, 0.1) is 0 Å². The van der Waals surface area contributed by atoms with Gasteiger partial charge in [0.2, 0.25) is 0 Å². The third-order valence-corrected chi connectivity index (χ3v) is 3.80. The summed E-state index contributed by atoms with van der Waals surface area (Å²) in [5, 5.41) is 5.60. The molecule has 27 heavy (non-hydrogen) atoms. The van der Waals surface area contributed by atoms with Gasteiger partial charge >= 0.3 is 0 Å². The highest BCUT2D eigenvalue weighted by molar-refractivity contribution is 5.81. The average molecular weight is 370 g/mol. The fourth-order valence-electron chi connectivity index (χ4n) is 2.31. The van der Waals surface area contributed by atoms with E-state index in [-0.39, 0.29) is 11.8 Å². The maximum atomic E-state index is 12.0. The first-order valence-corrected chi connectivity index (χ1v) is 9.05. The summed E-state index contributed by atoms with van der Waals surface area (Å²) in [7, 11) is 0. The van der Waals surface area contributed by atoms with E-state index in [2.05, 4.69) is 10.6 Å². The Morgan fingerprint density at radius 1 is 0.741 bits per heavy atom. The first-order chi connectivity index (χ1) is 13.1. The molecule has 6 nitrogen and oxygen atoms in total. The van der Waals surface area contributed by atoms with E-state index in [4.69, 9.17) is 9.47 Å². The fourth-order valence-corrected chi connectivity index (χ4v) is 2.31. The number of hydrogen-bond donors (Lipinski definition) is 2. The minimum atomic E-state index is -0.582. The van der Waals surface area contributed by atoms with Crippen LogP contribution in [-0.2, 0) is 9.59 Å². The molecule has 144 valence electrons. The van der Waals surface area contributed by atoms with Crippen molar-refractivity contribution in [2.24, 2.45) is 0 Å². The van der Waals surface area contributed by atoms with Crippen LogP contribution in [0.1, 0.15) is 20.3 Å². The third-order valence-electron chi connectivity index (χ3n) is 3.80. The van der Waals surface area contributed by atoms with Crippen molar-refractivity contribution in [3.63, 3.8) is 0 Å². The molecule has 2 unspecified atom stereocenters. The SMILES string of the molecule is CC(Oc1ccccc1)C(=O)NCCCNC(=O)C(C)Oc1ccccc1. The molecule has 0 saturated carbocycles. The molecular formula is C21H26N2O4. The number of amides is 2. The lowest BCUT2D eigenvalue weighted by Gasteiger charge is -2.16. The quantitative estimate of drug-likeness (QED) is 0.630. The molecule has 2 atom stereocenters. The Kier molecular flexibility index (Phi) is 8.16. The number of hydrogen-bond acceptors (Lipinski definition) is 4. The van der Waals surface area contributed by atoms with Crippen molar-refractivity contribution < 1.29 is 19.1 Å². The summed E-state index contributed by atoms with van der Waals surface area (Å²) in [5.74, 6) is 0.927. The zero-order valence-electron chi connectivity index (χ0n) is 15.7. The normalized spacial score (nSPS) is 12.5. The lowest BCUT2D eigenvalue weighted by molar-refractivity contribution is -0.127. The highest BCUT2D eigenvalue weighted by Gasteiger charge is 2.15. The fraction of sp³-hybridized carbons (Fsp3) is 0.333. The molecule has 2 amide bonds. The van der Waals surface area contributed by atoms with Gasteiger partial charge in [-0.2, -0.15) is 0 Å². The molecule has 0 aliphatic heterocycles. The van der Waals surface area contributed by atoms with Gasteiger partial charge < -0.3 is 20.1 Å². The van der Waals surface area contributed by atoms with Crippen LogP contribution in [0.5, 0.6) is 11.5 Å². The van der Waals surface area contributed by atoms with Crippen LogP contribution in [0.25, 0.3) is 0 Å². The van der Waals surface area contributed by atoms with Crippen molar-refractivity contribution in [3.05, 3.63) is 60.7 Å². The lowest BCUT2D eigenvalue weighted by atomic mass is 10.3. The first-order valence-electron chi connectivity index (χ1n) is 9.05. The van der Waals surface area contributed by atoms with Crippen molar-refractivity contribution >= 4 is 11.8 Å². The predicted molar refractivity (Wildman–Crippen MR) is 104 cm³/mol. The molecule has 0 fully saturated rings. The molecule has 2 N–H and O–H groups in total. The van der Waals surface area contributed by atoms with Gasteiger partial charge in [0.1, 0.15) is 11.5 Å². The number of carbonyl (C=O) groups is 2. The number of para-hydroxylation sites is 2. The zero-order valence-corrected chi connectivity index (χ0v) is 15.7. The highest BCUT2D eigenvalue weighted by atomic mass is 16.5. The van der Waals surface area contributed by atoms with Crippen LogP contribution in [0, 0.1) is 0 Å². The predicted octanol–water partition coefficient (Wildman–Crippen LogP) is 2.54. The minimum Gasteiger partial charge on any atom is -0.481 e. The molecule has 0 bridgehead atoms. The van der Waals surface area contributed by atoms with Gasteiger partial charge in [-0.1, -0.05) is 36.4 Å². The summed E-state index contributed by atoms with van der Waals surface area (Å²) in [6, 6.07) is 18.4. The average Bonchev–Trinajstić information content (AvgIpc) is 2.68. The van der Waals surface area contributed by atoms with Crippen molar-refractivity contribution in [1.29, 1.82) is 0 Å². The molecule has 0 radical (unpaired) electrons. The van der Waals surface area contributed by atoms with Gasteiger partial charge in [-0.25, -0.2) is 0 Å². The van der Waals surface area contributed by atoms with Gasteiger partial charge in [-0.15, -0.1) is 0 Å². The van der Waals surface area contributed by atoms with Crippen LogP contribution in [0.4, 0.5) is 0 Å². The number of carbonyl (C=O) groups excluding carboxylic acids is 2. The van der Waals surface area contributed by atoms with Crippen LogP contribution in [-0.4, -0.2) is 37.1 Å². The van der Waals surface area contributed by atoms with E-state index < -0.39 is 12.2 Å². The molecule has 0 saturated heterocycles. The molecule has 2 aromatic rings. The summed E-state index contributed by atoms with van der Waals surface area (Å²) in [6.45, 7) is 4.31. The Hall–Kier alpha value is -3.02. The van der Waals surface area contributed by atoms with E-state index in [0.29, 0.717) is 31.0 Å². The highest BCUT2D eigenvalue weighted by Crippen LogP contribution is 2.11. The molecule has 0 heterocycles. The third kappa shape index (κ3) is 7.40. The monoisotopic (exact) mass is 370 g/mol. The van der Waals surface area contributed by atoms with Crippen LogP contribution in [0.3, 0.4) is 0 Å². The van der Waals surface area contributed by atoms with E-state index in [1.54, 1.807) is 38.1 Å². The lowest BCUT2D eigenvalue weighted by Crippen LogP contribution is -2.39. The van der Waals surface area contributed by atoms with E-state index in [1.165, 1.54) is 0 Å². The summed E-state index contributed by atoms with van der Waals surface area (Å²) < 4.78 is 11.1.